The van der Waals surface area contributed by atoms with E-state index < -0.39 is 0 Å². The fourth-order valence-electron chi connectivity index (χ4n) is 2.98. The molecule has 1 unspecified atom stereocenters. The van der Waals surface area contributed by atoms with Crippen molar-refractivity contribution in [2.45, 2.75) is 84.5 Å². The van der Waals surface area contributed by atoms with E-state index in [-0.39, 0.29) is 0 Å². The molecule has 0 spiro atoms. The third-order valence-electron chi connectivity index (χ3n) is 4.19. The van der Waals surface area contributed by atoms with Crippen molar-refractivity contribution >= 4 is 5.91 Å². The predicted octanol–water partition coefficient (Wildman–Crippen LogP) is 4.78. The number of carbonyl (C=O) groups excluding carboxylic acids is 1. The highest BCUT2D eigenvalue weighted by molar-refractivity contribution is 5.78. The van der Waals surface area contributed by atoms with Gasteiger partial charge in [-0.15, -0.1) is 0 Å². The van der Waals surface area contributed by atoms with Crippen LogP contribution in [0.2, 0.25) is 0 Å². The molecule has 2 heteroatoms. The Bertz CT molecular complexity index is 239. The van der Waals surface area contributed by atoms with Crippen LogP contribution in [0.1, 0.15) is 84.5 Å². The number of carbonyl (C=O) groups is 1. The van der Waals surface area contributed by atoms with Crippen LogP contribution >= 0.6 is 0 Å². The van der Waals surface area contributed by atoms with Crippen molar-refractivity contribution in [2.24, 2.45) is 5.92 Å². The Kier molecular flexibility index (Phi) is 8.94. The molecule has 0 aliphatic carbocycles. The van der Waals surface area contributed by atoms with Gasteiger partial charge in [-0.2, -0.15) is 0 Å². The summed E-state index contributed by atoms with van der Waals surface area (Å²) in [5, 5.41) is 0. The Morgan fingerprint density at radius 3 is 1.95 bits per heavy atom. The SMILES string of the molecule is CCCCCCCCCCCCN1CC(C)CC1=O. The van der Waals surface area contributed by atoms with Crippen molar-refractivity contribution in [3.05, 3.63) is 0 Å². The minimum Gasteiger partial charge on any atom is -0.342 e. The van der Waals surface area contributed by atoms with Crippen LogP contribution in [0.3, 0.4) is 0 Å². The van der Waals surface area contributed by atoms with E-state index in [9.17, 15) is 4.79 Å². The van der Waals surface area contributed by atoms with Gasteiger partial charge in [-0.1, -0.05) is 71.6 Å². The predicted molar refractivity (Wildman–Crippen MR) is 82.2 cm³/mol. The molecule has 112 valence electrons. The van der Waals surface area contributed by atoms with Crippen molar-refractivity contribution < 1.29 is 4.79 Å². The first-order chi connectivity index (χ1) is 9.24. The maximum absolute atomic E-state index is 11.6. The summed E-state index contributed by atoms with van der Waals surface area (Å²) in [6.45, 7) is 6.44. The van der Waals surface area contributed by atoms with Gasteiger partial charge in [0.1, 0.15) is 0 Å². The Morgan fingerprint density at radius 1 is 0.947 bits per heavy atom. The van der Waals surface area contributed by atoms with Gasteiger partial charge < -0.3 is 4.90 Å². The second-order valence-electron chi connectivity index (χ2n) is 6.33. The molecule has 1 amide bonds. The molecule has 19 heavy (non-hydrogen) atoms. The summed E-state index contributed by atoms with van der Waals surface area (Å²) in [5.41, 5.74) is 0. The lowest BCUT2D eigenvalue weighted by molar-refractivity contribution is -0.127. The largest absolute Gasteiger partial charge is 0.342 e. The van der Waals surface area contributed by atoms with Crippen LogP contribution in [-0.4, -0.2) is 23.9 Å². The van der Waals surface area contributed by atoms with E-state index in [2.05, 4.69) is 18.7 Å². The average Bonchev–Trinajstić information content (AvgIpc) is 2.70. The third-order valence-corrected chi connectivity index (χ3v) is 4.19. The smallest absolute Gasteiger partial charge is 0.222 e. The summed E-state index contributed by atoms with van der Waals surface area (Å²) in [6, 6.07) is 0. The van der Waals surface area contributed by atoms with Gasteiger partial charge in [0.2, 0.25) is 5.91 Å². The number of likely N-dealkylation sites (tertiary alicyclic amines) is 1. The van der Waals surface area contributed by atoms with E-state index >= 15 is 0 Å². The monoisotopic (exact) mass is 267 g/mol. The molecule has 1 heterocycles. The fraction of sp³-hybridized carbons (Fsp3) is 0.941. The first-order valence-corrected chi connectivity index (χ1v) is 8.51. The highest BCUT2D eigenvalue weighted by atomic mass is 16.2. The van der Waals surface area contributed by atoms with Crippen LogP contribution in [-0.2, 0) is 4.79 Å². The fourth-order valence-corrected chi connectivity index (χ4v) is 2.98. The highest BCUT2D eigenvalue weighted by Gasteiger charge is 2.25. The Labute approximate surface area is 119 Å². The summed E-state index contributed by atoms with van der Waals surface area (Å²) >= 11 is 0. The minimum atomic E-state index is 0.378. The van der Waals surface area contributed by atoms with E-state index in [0.29, 0.717) is 11.8 Å². The molecule has 1 aliphatic rings. The zero-order valence-electron chi connectivity index (χ0n) is 13.1. The topological polar surface area (TPSA) is 20.3 Å². The second-order valence-corrected chi connectivity index (χ2v) is 6.33. The number of hydrogen-bond donors (Lipinski definition) is 0. The quantitative estimate of drug-likeness (QED) is 0.493. The molecule has 1 atom stereocenters. The van der Waals surface area contributed by atoms with Crippen LogP contribution in [0, 0.1) is 5.92 Å². The summed E-state index contributed by atoms with van der Waals surface area (Å²) in [4.78, 5) is 13.7. The highest BCUT2D eigenvalue weighted by Crippen LogP contribution is 2.17. The van der Waals surface area contributed by atoms with Crippen molar-refractivity contribution in [3.63, 3.8) is 0 Å². The molecule has 2 nitrogen and oxygen atoms in total. The van der Waals surface area contributed by atoms with Gasteiger partial charge in [0, 0.05) is 19.5 Å². The molecule has 0 radical (unpaired) electrons. The molecular weight excluding hydrogens is 234 g/mol. The van der Waals surface area contributed by atoms with Gasteiger partial charge >= 0.3 is 0 Å². The van der Waals surface area contributed by atoms with Crippen molar-refractivity contribution in [2.75, 3.05) is 13.1 Å². The van der Waals surface area contributed by atoms with Crippen LogP contribution in [0.5, 0.6) is 0 Å². The number of rotatable bonds is 11. The van der Waals surface area contributed by atoms with E-state index in [1.165, 1.54) is 64.2 Å². The minimum absolute atomic E-state index is 0.378. The van der Waals surface area contributed by atoms with E-state index in [4.69, 9.17) is 0 Å². The molecule has 0 aromatic carbocycles. The molecule has 0 bridgehead atoms. The molecule has 0 aromatic rings. The molecular formula is C17H33NO. The van der Waals surface area contributed by atoms with E-state index in [0.717, 1.165) is 19.5 Å². The van der Waals surface area contributed by atoms with Gasteiger partial charge in [0.25, 0.3) is 0 Å². The zero-order chi connectivity index (χ0) is 13.9. The first kappa shape index (κ1) is 16.5. The first-order valence-electron chi connectivity index (χ1n) is 8.51. The average molecular weight is 267 g/mol. The number of hydrogen-bond acceptors (Lipinski definition) is 1. The lowest BCUT2D eigenvalue weighted by Crippen LogP contribution is -2.26. The van der Waals surface area contributed by atoms with Gasteiger partial charge in [0.15, 0.2) is 0 Å². The van der Waals surface area contributed by atoms with Crippen LogP contribution in [0.25, 0.3) is 0 Å². The van der Waals surface area contributed by atoms with Crippen LogP contribution in [0.4, 0.5) is 0 Å². The van der Waals surface area contributed by atoms with Crippen LogP contribution < -0.4 is 0 Å². The van der Waals surface area contributed by atoms with Gasteiger partial charge in [0.05, 0.1) is 0 Å². The molecule has 0 N–H and O–H groups in total. The zero-order valence-corrected chi connectivity index (χ0v) is 13.1. The summed E-state index contributed by atoms with van der Waals surface area (Å²) in [7, 11) is 0. The molecule has 1 rings (SSSR count). The Balaban J connectivity index is 1.82. The lowest BCUT2D eigenvalue weighted by Gasteiger charge is -2.15. The second kappa shape index (κ2) is 10.3. The summed E-state index contributed by atoms with van der Waals surface area (Å²) in [5.74, 6) is 0.957. The number of nitrogens with zero attached hydrogens (tertiary/aromatic N) is 1. The molecule has 0 saturated carbocycles. The van der Waals surface area contributed by atoms with Crippen LogP contribution in [0.15, 0.2) is 0 Å². The van der Waals surface area contributed by atoms with Crippen molar-refractivity contribution in [3.8, 4) is 0 Å². The third kappa shape index (κ3) is 7.59. The number of unbranched alkanes of at least 4 members (excludes halogenated alkanes) is 9. The summed E-state index contributed by atoms with van der Waals surface area (Å²) in [6.07, 6.45) is 14.4. The van der Waals surface area contributed by atoms with Gasteiger partial charge in [-0.05, 0) is 12.3 Å². The Morgan fingerprint density at radius 2 is 1.47 bits per heavy atom. The van der Waals surface area contributed by atoms with E-state index in [1.54, 1.807) is 0 Å². The Hall–Kier alpha value is -0.530. The molecule has 0 aromatic heterocycles. The summed E-state index contributed by atoms with van der Waals surface area (Å²) < 4.78 is 0. The standard InChI is InChI=1S/C17H33NO/c1-3-4-5-6-7-8-9-10-11-12-13-18-15-16(2)14-17(18)19/h16H,3-15H2,1-2H3. The van der Waals surface area contributed by atoms with Gasteiger partial charge in [-0.25, -0.2) is 0 Å². The van der Waals surface area contributed by atoms with Gasteiger partial charge in [-0.3, -0.25) is 4.79 Å². The lowest BCUT2D eigenvalue weighted by atomic mass is 10.1. The number of amides is 1. The normalized spacial score (nSPS) is 19.4. The van der Waals surface area contributed by atoms with Crippen molar-refractivity contribution in [1.29, 1.82) is 0 Å². The molecule has 1 fully saturated rings. The van der Waals surface area contributed by atoms with E-state index in [1.807, 2.05) is 0 Å². The maximum Gasteiger partial charge on any atom is 0.222 e. The maximum atomic E-state index is 11.6. The molecule has 1 saturated heterocycles. The van der Waals surface area contributed by atoms with Crippen molar-refractivity contribution in [1.82, 2.24) is 4.90 Å². The molecule has 1 aliphatic heterocycles.